The van der Waals surface area contributed by atoms with E-state index in [4.69, 9.17) is 16.3 Å². The molecule has 0 aliphatic heterocycles. The van der Waals surface area contributed by atoms with Gasteiger partial charge in [0.1, 0.15) is 6.61 Å². The molecule has 0 bridgehead atoms. The minimum absolute atomic E-state index is 0.199. The molecule has 0 aliphatic rings. The lowest BCUT2D eigenvalue weighted by Gasteiger charge is -2.06. The highest BCUT2D eigenvalue weighted by Crippen LogP contribution is 2.10. The van der Waals surface area contributed by atoms with Gasteiger partial charge in [0.05, 0.1) is 6.42 Å². The van der Waals surface area contributed by atoms with Crippen LogP contribution in [0.15, 0.2) is 24.3 Å². The third kappa shape index (κ3) is 6.62. The predicted molar refractivity (Wildman–Crippen MR) is 73.9 cm³/mol. The second kappa shape index (κ2) is 8.95. The van der Waals surface area contributed by atoms with Crippen molar-refractivity contribution in [3.8, 4) is 0 Å². The van der Waals surface area contributed by atoms with Gasteiger partial charge in [0.15, 0.2) is 0 Å². The first kappa shape index (κ1) is 15.0. The number of carbonyl (C=O) groups is 1. The van der Waals surface area contributed by atoms with Crippen molar-refractivity contribution in [3.05, 3.63) is 34.9 Å². The molecule has 0 saturated heterocycles. The van der Waals surface area contributed by atoms with Gasteiger partial charge < -0.3 is 10.1 Å². The van der Waals surface area contributed by atoms with Crippen LogP contribution in [0.1, 0.15) is 25.3 Å². The molecule has 1 rings (SSSR count). The lowest BCUT2D eigenvalue weighted by Crippen LogP contribution is -2.22. The highest BCUT2D eigenvalue weighted by molar-refractivity contribution is 6.30. The van der Waals surface area contributed by atoms with Gasteiger partial charge in [-0.1, -0.05) is 37.1 Å². The molecule has 100 valence electrons. The summed E-state index contributed by atoms with van der Waals surface area (Å²) < 4.78 is 5.12. The first-order chi connectivity index (χ1) is 8.72. The third-order valence-corrected chi connectivity index (χ3v) is 2.76. The van der Waals surface area contributed by atoms with E-state index in [9.17, 15) is 4.79 Å². The molecule has 0 spiro atoms. The van der Waals surface area contributed by atoms with Gasteiger partial charge in [0, 0.05) is 11.6 Å². The van der Waals surface area contributed by atoms with Crippen LogP contribution >= 0.6 is 11.6 Å². The molecule has 0 unspecified atom stereocenters. The third-order valence-electron chi connectivity index (χ3n) is 2.51. The predicted octanol–water partition coefficient (Wildman–Crippen LogP) is 2.82. The van der Waals surface area contributed by atoms with Crippen molar-refractivity contribution in [3.63, 3.8) is 0 Å². The van der Waals surface area contributed by atoms with Gasteiger partial charge in [0.25, 0.3) is 0 Å². The van der Waals surface area contributed by atoms with Gasteiger partial charge >= 0.3 is 5.97 Å². The molecule has 0 fully saturated rings. The Morgan fingerprint density at radius 1 is 1.28 bits per heavy atom. The van der Waals surface area contributed by atoms with Crippen LogP contribution in [0, 0.1) is 0 Å². The van der Waals surface area contributed by atoms with E-state index in [-0.39, 0.29) is 5.97 Å². The highest BCUT2D eigenvalue weighted by Gasteiger charge is 2.04. The van der Waals surface area contributed by atoms with Gasteiger partial charge in [-0.3, -0.25) is 4.79 Å². The molecule has 18 heavy (non-hydrogen) atoms. The molecule has 0 amide bonds. The number of carbonyl (C=O) groups excluding carboxylic acids is 1. The van der Waals surface area contributed by atoms with E-state index in [2.05, 4.69) is 12.2 Å². The Kier molecular flexibility index (Phi) is 7.46. The van der Waals surface area contributed by atoms with Crippen LogP contribution in [0.25, 0.3) is 0 Å². The van der Waals surface area contributed by atoms with Crippen molar-refractivity contribution in [1.29, 1.82) is 0 Å². The van der Waals surface area contributed by atoms with E-state index in [1.165, 1.54) is 6.42 Å². The largest absolute Gasteiger partial charge is 0.464 e. The number of benzene rings is 1. The Morgan fingerprint density at radius 3 is 2.67 bits per heavy atom. The van der Waals surface area contributed by atoms with E-state index in [1.807, 2.05) is 12.1 Å². The van der Waals surface area contributed by atoms with Gasteiger partial charge in [-0.2, -0.15) is 0 Å². The normalized spacial score (nSPS) is 10.3. The molecule has 0 aliphatic carbocycles. The number of esters is 1. The smallest absolute Gasteiger partial charge is 0.310 e. The zero-order valence-electron chi connectivity index (χ0n) is 10.7. The van der Waals surface area contributed by atoms with Crippen LogP contribution < -0.4 is 5.32 Å². The van der Waals surface area contributed by atoms with Gasteiger partial charge in [-0.25, -0.2) is 0 Å². The Balaban J connectivity index is 2.12. The summed E-state index contributed by atoms with van der Waals surface area (Å²) in [6.07, 6.45) is 2.62. The number of hydrogen-bond donors (Lipinski definition) is 1. The Hall–Kier alpha value is -1.06. The maximum absolute atomic E-state index is 11.5. The summed E-state index contributed by atoms with van der Waals surface area (Å²) in [5.74, 6) is -0.199. The monoisotopic (exact) mass is 269 g/mol. The highest BCUT2D eigenvalue weighted by atomic mass is 35.5. The fourth-order valence-electron chi connectivity index (χ4n) is 1.48. The van der Waals surface area contributed by atoms with Crippen molar-refractivity contribution in [1.82, 2.24) is 5.32 Å². The molecular formula is C14H20ClNO2. The summed E-state index contributed by atoms with van der Waals surface area (Å²) in [5, 5.41) is 3.89. The van der Waals surface area contributed by atoms with Crippen LogP contribution in [0.3, 0.4) is 0 Å². The van der Waals surface area contributed by atoms with Crippen molar-refractivity contribution in [2.75, 3.05) is 19.7 Å². The maximum atomic E-state index is 11.5. The summed E-state index contributed by atoms with van der Waals surface area (Å²) in [5.41, 5.74) is 0.920. The number of hydrogen-bond acceptors (Lipinski definition) is 3. The molecule has 0 aromatic heterocycles. The van der Waals surface area contributed by atoms with Crippen molar-refractivity contribution >= 4 is 17.6 Å². The van der Waals surface area contributed by atoms with Gasteiger partial charge in [-0.05, 0) is 30.7 Å². The Bertz CT molecular complexity index is 351. The summed E-state index contributed by atoms with van der Waals surface area (Å²) in [6.45, 7) is 4.27. The van der Waals surface area contributed by atoms with Crippen molar-refractivity contribution in [2.24, 2.45) is 0 Å². The van der Waals surface area contributed by atoms with Crippen LogP contribution in [0.2, 0.25) is 5.02 Å². The van der Waals surface area contributed by atoms with Crippen molar-refractivity contribution < 1.29 is 9.53 Å². The minimum atomic E-state index is -0.199. The molecule has 0 saturated carbocycles. The van der Waals surface area contributed by atoms with E-state index in [0.717, 1.165) is 18.5 Å². The quantitative estimate of drug-likeness (QED) is 0.583. The number of unbranched alkanes of at least 4 members (excludes halogenated alkanes) is 1. The summed E-state index contributed by atoms with van der Waals surface area (Å²) in [6, 6.07) is 7.22. The standard InChI is InChI=1S/C14H20ClNO2/c1-2-3-8-16-9-10-18-14(17)11-12-4-6-13(15)7-5-12/h4-7,16H,2-3,8-11H2,1H3. The number of nitrogens with one attached hydrogen (secondary N) is 1. The van der Waals surface area contributed by atoms with Crippen LogP contribution in [0.5, 0.6) is 0 Å². The van der Waals surface area contributed by atoms with Crippen LogP contribution in [0.4, 0.5) is 0 Å². The van der Waals surface area contributed by atoms with Gasteiger partial charge in [0.2, 0.25) is 0 Å². The molecule has 1 N–H and O–H groups in total. The zero-order valence-corrected chi connectivity index (χ0v) is 11.5. The summed E-state index contributed by atoms with van der Waals surface area (Å²) in [4.78, 5) is 11.5. The Labute approximate surface area is 113 Å². The van der Waals surface area contributed by atoms with Gasteiger partial charge in [-0.15, -0.1) is 0 Å². The molecule has 0 heterocycles. The Morgan fingerprint density at radius 2 is 2.00 bits per heavy atom. The molecule has 0 radical (unpaired) electrons. The van der Waals surface area contributed by atoms with E-state index >= 15 is 0 Å². The number of halogens is 1. The average molecular weight is 270 g/mol. The molecule has 1 aromatic rings. The number of ether oxygens (including phenoxy) is 1. The summed E-state index contributed by atoms with van der Waals surface area (Å²) in [7, 11) is 0. The lowest BCUT2D eigenvalue weighted by molar-refractivity contribution is -0.142. The minimum Gasteiger partial charge on any atom is -0.464 e. The average Bonchev–Trinajstić information content (AvgIpc) is 2.36. The van der Waals surface area contributed by atoms with Crippen LogP contribution in [-0.4, -0.2) is 25.7 Å². The number of rotatable bonds is 8. The zero-order chi connectivity index (χ0) is 13.2. The second-order valence-electron chi connectivity index (χ2n) is 4.13. The van der Waals surface area contributed by atoms with Crippen LogP contribution in [-0.2, 0) is 16.0 Å². The molecular weight excluding hydrogens is 250 g/mol. The maximum Gasteiger partial charge on any atom is 0.310 e. The van der Waals surface area contributed by atoms with Crippen molar-refractivity contribution in [2.45, 2.75) is 26.2 Å². The molecule has 1 aromatic carbocycles. The summed E-state index contributed by atoms with van der Waals surface area (Å²) >= 11 is 5.77. The van der Waals surface area contributed by atoms with E-state index < -0.39 is 0 Å². The lowest BCUT2D eigenvalue weighted by atomic mass is 10.2. The fraction of sp³-hybridized carbons (Fsp3) is 0.500. The first-order valence-electron chi connectivity index (χ1n) is 6.33. The first-order valence-corrected chi connectivity index (χ1v) is 6.71. The van der Waals surface area contributed by atoms with E-state index in [0.29, 0.717) is 24.6 Å². The molecule has 4 heteroatoms. The molecule has 0 atom stereocenters. The second-order valence-corrected chi connectivity index (χ2v) is 4.56. The topological polar surface area (TPSA) is 38.3 Å². The van der Waals surface area contributed by atoms with E-state index in [1.54, 1.807) is 12.1 Å². The SMILES string of the molecule is CCCCNCCOC(=O)Cc1ccc(Cl)cc1. The fourth-order valence-corrected chi connectivity index (χ4v) is 1.61. The molecule has 3 nitrogen and oxygen atoms in total.